The molecule has 3 nitrogen and oxygen atoms in total. The van der Waals surface area contributed by atoms with Crippen LogP contribution < -0.4 is 4.90 Å². The second-order valence-corrected chi connectivity index (χ2v) is 9.25. The molecule has 2 heterocycles. The number of para-hydroxylation sites is 2. The number of benzene rings is 2. The summed E-state index contributed by atoms with van der Waals surface area (Å²) in [7, 11) is 0. The number of anilines is 1. The highest BCUT2D eigenvalue weighted by atomic mass is 32.2. The summed E-state index contributed by atoms with van der Waals surface area (Å²) in [6.07, 6.45) is 3.32. The molecule has 26 heavy (non-hydrogen) atoms. The summed E-state index contributed by atoms with van der Waals surface area (Å²) >= 11 is 3.61. The largest absolute Gasteiger partial charge is 0.311 e. The number of aromatic nitrogens is 1. The van der Waals surface area contributed by atoms with Crippen LogP contribution in [-0.4, -0.2) is 22.7 Å². The van der Waals surface area contributed by atoms with E-state index >= 15 is 0 Å². The van der Waals surface area contributed by atoms with E-state index in [-0.39, 0.29) is 5.91 Å². The number of amides is 1. The quantitative estimate of drug-likeness (QED) is 0.594. The first kappa shape index (κ1) is 17.6. The van der Waals surface area contributed by atoms with E-state index in [2.05, 4.69) is 36.2 Å². The van der Waals surface area contributed by atoms with Crippen molar-refractivity contribution < 1.29 is 4.79 Å². The highest BCUT2D eigenvalue weighted by Crippen LogP contribution is 2.37. The van der Waals surface area contributed by atoms with Crippen molar-refractivity contribution in [1.29, 1.82) is 0 Å². The van der Waals surface area contributed by atoms with Crippen LogP contribution >= 0.6 is 23.1 Å². The molecule has 0 fully saturated rings. The molecule has 1 aliphatic heterocycles. The molecule has 0 aliphatic carbocycles. The fourth-order valence-corrected chi connectivity index (χ4v) is 5.42. The summed E-state index contributed by atoms with van der Waals surface area (Å²) in [4.78, 5) is 20.8. The lowest BCUT2D eigenvalue weighted by molar-refractivity contribution is -0.118. The average molecular weight is 383 g/mol. The first-order valence-corrected chi connectivity index (χ1v) is 10.8. The first-order valence-electron chi connectivity index (χ1n) is 9.11. The van der Waals surface area contributed by atoms with Crippen LogP contribution in [0.1, 0.15) is 31.2 Å². The summed E-state index contributed by atoms with van der Waals surface area (Å²) in [5, 5.41) is 1.66. The fraction of sp³-hybridized carbons (Fsp3) is 0.333. The Morgan fingerprint density at radius 2 is 2.00 bits per heavy atom. The average Bonchev–Trinajstić information content (AvgIpc) is 2.97. The maximum atomic E-state index is 12.9. The number of rotatable bonds is 4. The monoisotopic (exact) mass is 382 g/mol. The zero-order valence-electron chi connectivity index (χ0n) is 14.9. The van der Waals surface area contributed by atoms with Crippen LogP contribution in [0.3, 0.4) is 0 Å². The standard InChI is InChI=1S/C21H22N2OS2/c1-15-13-14-23(17-8-3-5-10-19(17)25-15)21(24)12-6-11-20-22-16-7-2-4-9-18(16)26-20/h2-5,7-10,15H,6,11-14H2,1H3. The van der Waals surface area contributed by atoms with Crippen LogP contribution in [-0.2, 0) is 11.2 Å². The number of hydrogen-bond donors (Lipinski definition) is 0. The number of carbonyl (C=O) groups is 1. The van der Waals surface area contributed by atoms with Crippen LogP contribution in [0.2, 0.25) is 0 Å². The molecule has 0 spiro atoms. The van der Waals surface area contributed by atoms with Gasteiger partial charge in [-0.1, -0.05) is 31.2 Å². The summed E-state index contributed by atoms with van der Waals surface area (Å²) in [5.41, 5.74) is 2.14. The van der Waals surface area contributed by atoms with Gasteiger partial charge in [0.15, 0.2) is 0 Å². The molecule has 0 saturated heterocycles. The van der Waals surface area contributed by atoms with Gasteiger partial charge in [-0.15, -0.1) is 23.1 Å². The molecule has 3 aromatic rings. The predicted molar refractivity (Wildman–Crippen MR) is 111 cm³/mol. The molecular weight excluding hydrogens is 360 g/mol. The van der Waals surface area contributed by atoms with E-state index in [9.17, 15) is 4.79 Å². The van der Waals surface area contributed by atoms with E-state index in [0.717, 1.165) is 42.0 Å². The van der Waals surface area contributed by atoms with Gasteiger partial charge in [0.1, 0.15) is 0 Å². The normalized spacial score (nSPS) is 17.1. The molecule has 134 valence electrons. The van der Waals surface area contributed by atoms with Gasteiger partial charge in [-0.3, -0.25) is 4.79 Å². The van der Waals surface area contributed by atoms with Crippen molar-refractivity contribution in [3.05, 3.63) is 53.5 Å². The summed E-state index contributed by atoms with van der Waals surface area (Å²) in [6.45, 7) is 3.05. The Morgan fingerprint density at radius 3 is 2.88 bits per heavy atom. The fourth-order valence-electron chi connectivity index (χ4n) is 3.30. The molecule has 0 saturated carbocycles. The second kappa shape index (κ2) is 7.80. The molecular formula is C21H22N2OS2. The summed E-state index contributed by atoms with van der Waals surface area (Å²) in [6, 6.07) is 16.5. The number of thioether (sulfide) groups is 1. The lowest BCUT2D eigenvalue weighted by atomic mass is 10.2. The van der Waals surface area contributed by atoms with Crippen molar-refractivity contribution in [2.45, 2.75) is 42.8 Å². The van der Waals surface area contributed by atoms with E-state index in [4.69, 9.17) is 0 Å². The van der Waals surface area contributed by atoms with Gasteiger partial charge in [-0.05, 0) is 43.5 Å². The minimum absolute atomic E-state index is 0.230. The van der Waals surface area contributed by atoms with Crippen molar-refractivity contribution >= 4 is 44.9 Å². The van der Waals surface area contributed by atoms with E-state index in [1.807, 2.05) is 40.9 Å². The number of carbonyl (C=O) groups excluding carboxylic acids is 1. The third-order valence-corrected chi connectivity index (χ3v) is 7.00. The SMILES string of the molecule is CC1CCN(C(=O)CCCc2nc3ccccc3s2)c2ccccc2S1. The highest BCUT2D eigenvalue weighted by Gasteiger charge is 2.23. The Bertz CT molecular complexity index is 888. The van der Waals surface area contributed by atoms with Gasteiger partial charge in [0.05, 0.1) is 20.9 Å². The van der Waals surface area contributed by atoms with Crippen LogP contribution in [0.15, 0.2) is 53.4 Å². The maximum absolute atomic E-state index is 12.9. The Morgan fingerprint density at radius 1 is 1.19 bits per heavy atom. The zero-order valence-corrected chi connectivity index (χ0v) is 16.5. The molecule has 0 radical (unpaired) electrons. The Balaban J connectivity index is 1.41. The smallest absolute Gasteiger partial charge is 0.227 e. The predicted octanol–water partition coefficient (Wildman–Crippen LogP) is 5.54. The Labute approximate surface area is 162 Å². The van der Waals surface area contributed by atoms with Gasteiger partial charge < -0.3 is 4.90 Å². The molecule has 1 aliphatic rings. The molecule has 5 heteroatoms. The minimum Gasteiger partial charge on any atom is -0.311 e. The van der Waals surface area contributed by atoms with Crippen molar-refractivity contribution in [3.63, 3.8) is 0 Å². The van der Waals surface area contributed by atoms with Crippen molar-refractivity contribution in [3.8, 4) is 0 Å². The number of aryl methyl sites for hydroxylation is 1. The van der Waals surface area contributed by atoms with Gasteiger partial charge in [0, 0.05) is 23.1 Å². The van der Waals surface area contributed by atoms with Gasteiger partial charge in [-0.2, -0.15) is 0 Å². The molecule has 1 atom stereocenters. The Kier molecular flexibility index (Phi) is 5.27. The van der Waals surface area contributed by atoms with Crippen LogP contribution in [0.5, 0.6) is 0 Å². The van der Waals surface area contributed by atoms with E-state index in [1.165, 1.54) is 9.60 Å². The molecule has 4 rings (SSSR count). The third-order valence-electron chi connectivity index (χ3n) is 4.66. The van der Waals surface area contributed by atoms with Crippen molar-refractivity contribution in [2.24, 2.45) is 0 Å². The van der Waals surface area contributed by atoms with Gasteiger partial charge in [0.25, 0.3) is 0 Å². The van der Waals surface area contributed by atoms with E-state index in [1.54, 1.807) is 11.3 Å². The number of fused-ring (bicyclic) bond motifs is 2. The van der Waals surface area contributed by atoms with Crippen molar-refractivity contribution in [2.75, 3.05) is 11.4 Å². The number of thiazole rings is 1. The van der Waals surface area contributed by atoms with E-state index in [0.29, 0.717) is 11.7 Å². The number of hydrogen-bond acceptors (Lipinski definition) is 4. The van der Waals surface area contributed by atoms with Crippen molar-refractivity contribution in [1.82, 2.24) is 4.98 Å². The first-order chi connectivity index (χ1) is 12.7. The second-order valence-electron chi connectivity index (χ2n) is 6.66. The highest BCUT2D eigenvalue weighted by molar-refractivity contribution is 8.00. The maximum Gasteiger partial charge on any atom is 0.227 e. The van der Waals surface area contributed by atoms with E-state index < -0.39 is 0 Å². The molecule has 0 bridgehead atoms. The van der Waals surface area contributed by atoms with Crippen LogP contribution in [0.25, 0.3) is 10.2 Å². The van der Waals surface area contributed by atoms with Gasteiger partial charge in [-0.25, -0.2) is 4.98 Å². The lowest BCUT2D eigenvalue weighted by Crippen LogP contribution is -2.32. The van der Waals surface area contributed by atoms with Crippen LogP contribution in [0.4, 0.5) is 5.69 Å². The molecule has 2 aromatic carbocycles. The number of nitrogens with zero attached hydrogens (tertiary/aromatic N) is 2. The molecule has 1 unspecified atom stereocenters. The minimum atomic E-state index is 0.230. The van der Waals surface area contributed by atoms with Gasteiger partial charge in [0.2, 0.25) is 5.91 Å². The summed E-state index contributed by atoms with van der Waals surface area (Å²) < 4.78 is 1.22. The van der Waals surface area contributed by atoms with Gasteiger partial charge >= 0.3 is 0 Å². The lowest BCUT2D eigenvalue weighted by Gasteiger charge is -2.22. The topological polar surface area (TPSA) is 33.2 Å². The zero-order chi connectivity index (χ0) is 17.9. The third kappa shape index (κ3) is 3.79. The molecule has 1 amide bonds. The molecule has 1 aromatic heterocycles. The molecule has 0 N–H and O–H groups in total. The van der Waals surface area contributed by atoms with Crippen LogP contribution in [0, 0.1) is 0 Å². The summed E-state index contributed by atoms with van der Waals surface area (Å²) in [5.74, 6) is 0.230. The Hall–Kier alpha value is -1.85.